The maximum absolute atomic E-state index is 12.2. The van der Waals surface area contributed by atoms with Gasteiger partial charge in [0.2, 0.25) is 0 Å². The van der Waals surface area contributed by atoms with Crippen LogP contribution in [0.15, 0.2) is 60.9 Å². The summed E-state index contributed by atoms with van der Waals surface area (Å²) < 4.78 is 6.76. The number of amides is 1. The lowest BCUT2D eigenvalue weighted by atomic mass is 10.1. The number of nitrogens with one attached hydrogen (secondary N) is 1. The Hall–Kier alpha value is -3.28. The van der Waals surface area contributed by atoms with Crippen molar-refractivity contribution in [1.29, 1.82) is 0 Å². The van der Waals surface area contributed by atoms with Gasteiger partial charge in [0.15, 0.2) is 0 Å². The summed E-state index contributed by atoms with van der Waals surface area (Å²) in [7, 11) is 1.50. The number of hydrogen-bond donors (Lipinski definition) is 2. The maximum atomic E-state index is 12.2. The predicted molar refractivity (Wildman–Crippen MR) is 89.4 cm³/mol. The number of nitrogens with zero attached hydrogens (tertiary/aromatic N) is 2. The molecule has 1 aromatic heterocycles. The second kappa shape index (κ2) is 6.87. The van der Waals surface area contributed by atoms with Crippen molar-refractivity contribution in [1.82, 2.24) is 15.1 Å². The van der Waals surface area contributed by atoms with Crippen LogP contribution < -0.4 is 10.1 Å². The van der Waals surface area contributed by atoms with E-state index in [4.69, 9.17) is 4.74 Å². The number of hydrogen-bond acceptors (Lipinski definition) is 4. The molecule has 0 saturated heterocycles. The minimum absolute atomic E-state index is 0.110. The van der Waals surface area contributed by atoms with Gasteiger partial charge in [0.05, 0.1) is 18.4 Å². The van der Waals surface area contributed by atoms with Crippen molar-refractivity contribution in [3.05, 3.63) is 72.1 Å². The third-order valence-electron chi connectivity index (χ3n) is 3.61. The maximum Gasteiger partial charge on any atom is 0.255 e. The number of aromatic nitrogens is 2. The van der Waals surface area contributed by atoms with Crippen molar-refractivity contribution in [3.8, 4) is 17.2 Å². The van der Waals surface area contributed by atoms with E-state index in [1.807, 2.05) is 36.5 Å². The van der Waals surface area contributed by atoms with E-state index < -0.39 is 0 Å². The number of aromatic hydroxyl groups is 1. The molecule has 1 heterocycles. The fourth-order valence-electron chi connectivity index (χ4n) is 2.30. The van der Waals surface area contributed by atoms with Gasteiger partial charge in [0.1, 0.15) is 11.5 Å². The van der Waals surface area contributed by atoms with Crippen molar-refractivity contribution >= 4 is 5.91 Å². The molecule has 6 heteroatoms. The fourth-order valence-corrected chi connectivity index (χ4v) is 2.30. The summed E-state index contributed by atoms with van der Waals surface area (Å²) in [5.74, 6) is 0.0467. The van der Waals surface area contributed by atoms with Crippen LogP contribution in [0.4, 0.5) is 0 Å². The summed E-state index contributed by atoms with van der Waals surface area (Å²) in [6, 6.07) is 14.1. The summed E-state index contributed by atoms with van der Waals surface area (Å²) in [5.41, 5.74) is 2.11. The molecule has 1 amide bonds. The standard InChI is InChI=1S/C18H17N3O3/c1-24-15-7-8-16(17(22)11-15)18(23)19-12-13-3-5-14(6-4-13)21-10-2-9-20-21/h2-11,22H,12H2,1H3,(H,19,23). The van der Waals surface area contributed by atoms with Crippen LogP contribution in [-0.2, 0) is 6.54 Å². The molecule has 0 aliphatic carbocycles. The lowest BCUT2D eigenvalue weighted by Gasteiger charge is -2.09. The summed E-state index contributed by atoms with van der Waals surface area (Å²) in [6.07, 6.45) is 3.58. The van der Waals surface area contributed by atoms with Crippen LogP contribution in [0.25, 0.3) is 5.69 Å². The number of phenols is 1. The smallest absolute Gasteiger partial charge is 0.255 e. The molecule has 0 aliphatic heterocycles. The molecule has 0 bridgehead atoms. The second-order valence-electron chi connectivity index (χ2n) is 5.18. The molecule has 0 saturated carbocycles. The molecule has 0 radical (unpaired) electrons. The Morgan fingerprint density at radius 2 is 2.04 bits per heavy atom. The Balaban J connectivity index is 1.64. The minimum Gasteiger partial charge on any atom is -0.507 e. The lowest BCUT2D eigenvalue weighted by Crippen LogP contribution is -2.22. The highest BCUT2D eigenvalue weighted by Gasteiger charge is 2.11. The number of benzene rings is 2. The number of ether oxygens (including phenoxy) is 1. The van der Waals surface area contributed by atoms with E-state index >= 15 is 0 Å². The van der Waals surface area contributed by atoms with Crippen LogP contribution in [0.1, 0.15) is 15.9 Å². The quantitative estimate of drug-likeness (QED) is 0.756. The molecule has 0 spiro atoms. The molecule has 2 aromatic carbocycles. The second-order valence-corrected chi connectivity index (χ2v) is 5.18. The normalized spacial score (nSPS) is 10.4. The van der Waals surface area contributed by atoms with Gasteiger partial charge in [-0.15, -0.1) is 0 Å². The molecule has 24 heavy (non-hydrogen) atoms. The zero-order valence-electron chi connectivity index (χ0n) is 13.1. The topological polar surface area (TPSA) is 76.4 Å². The predicted octanol–water partition coefficient (Wildman–Crippen LogP) is 2.52. The summed E-state index contributed by atoms with van der Waals surface area (Å²) in [6.45, 7) is 0.365. The highest BCUT2D eigenvalue weighted by molar-refractivity contribution is 5.96. The van der Waals surface area contributed by atoms with Crippen molar-refractivity contribution in [2.24, 2.45) is 0 Å². The fraction of sp³-hybridized carbons (Fsp3) is 0.111. The lowest BCUT2D eigenvalue weighted by molar-refractivity contribution is 0.0948. The van der Waals surface area contributed by atoms with Gasteiger partial charge in [-0.25, -0.2) is 4.68 Å². The molecule has 6 nitrogen and oxygen atoms in total. The largest absolute Gasteiger partial charge is 0.507 e. The van der Waals surface area contributed by atoms with Crippen LogP contribution >= 0.6 is 0 Å². The molecule has 0 fully saturated rings. The molecule has 122 valence electrons. The third-order valence-corrected chi connectivity index (χ3v) is 3.61. The van der Waals surface area contributed by atoms with Crippen LogP contribution in [0, 0.1) is 0 Å². The van der Waals surface area contributed by atoms with Gasteiger partial charge in [-0.3, -0.25) is 4.79 Å². The van der Waals surface area contributed by atoms with Crippen molar-refractivity contribution in [2.75, 3.05) is 7.11 Å². The van der Waals surface area contributed by atoms with Crippen LogP contribution in [0.2, 0.25) is 0 Å². The third kappa shape index (κ3) is 3.38. The number of carbonyl (C=O) groups excluding carboxylic acids is 1. The number of methoxy groups -OCH3 is 1. The van der Waals surface area contributed by atoms with Gasteiger partial charge in [0.25, 0.3) is 5.91 Å². The minimum atomic E-state index is -0.341. The Kier molecular flexibility index (Phi) is 4.47. The Morgan fingerprint density at radius 3 is 2.67 bits per heavy atom. The van der Waals surface area contributed by atoms with Crippen molar-refractivity contribution in [3.63, 3.8) is 0 Å². The first kappa shape index (κ1) is 15.6. The van der Waals surface area contributed by atoms with Crippen LogP contribution in [0.5, 0.6) is 11.5 Å². The van der Waals surface area contributed by atoms with Gasteiger partial charge in [-0.2, -0.15) is 5.10 Å². The van der Waals surface area contributed by atoms with E-state index in [2.05, 4.69) is 10.4 Å². The molecule has 0 unspecified atom stereocenters. The van der Waals surface area contributed by atoms with Gasteiger partial charge in [-0.1, -0.05) is 12.1 Å². The molecule has 3 rings (SSSR count). The van der Waals surface area contributed by atoms with Gasteiger partial charge in [-0.05, 0) is 35.9 Å². The molecule has 3 aromatic rings. The molecule has 0 atom stereocenters. The average molecular weight is 323 g/mol. The summed E-state index contributed by atoms with van der Waals surface area (Å²) in [4.78, 5) is 12.2. The number of carbonyl (C=O) groups is 1. The molecular formula is C18H17N3O3. The Bertz CT molecular complexity index is 827. The average Bonchev–Trinajstić information content (AvgIpc) is 3.14. The monoisotopic (exact) mass is 323 g/mol. The number of rotatable bonds is 5. The van der Waals surface area contributed by atoms with Gasteiger partial charge in [0, 0.05) is 25.0 Å². The summed E-state index contributed by atoms with van der Waals surface area (Å²) >= 11 is 0. The van der Waals surface area contributed by atoms with E-state index in [9.17, 15) is 9.90 Å². The zero-order valence-corrected chi connectivity index (χ0v) is 13.1. The van der Waals surface area contributed by atoms with Gasteiger partial charge >= 0.3 is 0 Å². The Morgan fingerprint density at radius 1 is 1.25 bits per heavy atom. The zero-order chi connectivity index (χ0) is 16.9. The highest BCUT2D eigenvalue weighted by Crippen LogP contribution is 2.23. The molecular weight excluding hydrogens is 306 g/mol. The summed E-state index contributed by atoms with van der Waals surface area (Å²) in [5, 5.41) is 16.8. The Labute approximate surface area is 139 Å². The van der Waals surface area contributed by atoms with E-state index in [0.29, 0.717) is 12.3 Å². The first-order valence-corrected chi connectivity index (χ1v) is 7.41. The van der Waals surface area contributed by atoms with Crippen LogP contribution in [0.3, 0.4) is 0 Å². The van der Waals surface area contributed by atoms with Crippen molar-refractivity contribution < 1.29 is 14.6 Å². The first-order valence-electron chi connectivity index (χ1n) is 7.41. The highest BCUT2D eigenvalue weighted by atomic mass is 16.5. The molecule has 0 aliphatic rings. The van der Waals surface area contributed by atoms with Gasteiger partial charge < -0.3 is 15.2 Å². The number of phenolic OH excluding ortho intramolecular Hbond substituents is 1. The molecule has 2 N–H and O–H groups in total. The van der Waals surface area contributed by atoms with Crippen molar-refractivity contribution in [2.45, 2.75) is 6.54 Å². The van der Waals surface area contributed by atoms with E-state index in [1.54, 1.807) is 16.9 Å². The van der Waals surface area contributed by atoms with E-state index in [-0.39, 0.29) is 17.2 Å². The SMILES string of the molecule is COc1ccc(C(=O)NCc2ccc(-n3cccn3)cc2)c(O)c1. The first-order chi connectivity index (χ1) is 11.7. The van der Waals surface area contributed by atoms with E-state index in [1.165, 1.54) is 19.2 Å². The van der Waals surface area contributed by atoms with Crippen LogP contribution in [-0.4, -0.2) is 27.9 Å². The van der Waals surface area contributed by atoms with E-state index in [0.717, 1.165) is 11.3 Å².